The number of nitrogens with zero attached hydrogens (tertiary/aromatic N) is 1. The molecule has 1 aliphatic heterocycles. The van der Waals surface area contributed by atoms with Crippen LogP contribution in [0.4, 0.5) is 0 Å². The number of hydrogen-bond donors (Lipinski definition) is 7. The van der Waals surface area contributed by atoms with Crippen LogP contribution in [-0.4, -0.2) is 94.2 Å². The summed E-state index contributed by atoms with van der Waals surface area (Å²) in [6, 6.07) is 12.3. The molecule has 3 rings (SSSR count). The van der Waals surface area contributed by atoms with Gasteiger partial charge in [-0.25, -0.2) is 0 Å². The topological polar surface area (TPSA) is 243 Å². The lowest BCUT2D eigenvalue weighted by molar-refractivity contribution is -0.147. The van der Waals surface area contributed by atoms with Gasteiger partial charge in [0.05, 0.1) is 12.5 Å². The second-order valence-corrected chi connectivity index (χ2v) is 14.1. The molecule has 1 aliphatic rings. The highest BCUT2D eigenvalue weighted by atomic mass is 16.3. The number of nitrogens with two attached hydrogens (primary N) is 2. The zero-order chi connectivity index (χ0) is 39.2. The molecule has 0 spiro atoms. The molecule has 1 fully saturated rings. The molecule has 7 amide bonds. The molecule has 15 heteroatoms. The van der Waals surface area contributed by atoms with Crippen LogP contribution in [0.15, 0.2) is 60.7 Å². The van der Waals surface area contributed by atoms with Gasteiger partial charge in [-0.3, -0.25) is 33.6 Å². The number of aryl methyl sites for hydroxylation is 1. The Morgan fingerprint density at radius 1 is 0.774 bits per heavy atom. The van der Waals surface area contributed by atoms with Gasteiger partial charge in [0.25, 0.3) is 5.91 Å². The number of hydrogen-bond acceptors (Lipinski definition) is 8. The van der Waals surface area contributed by atoms with Crippen LogP contribution in [0.2, 0.25) is 0 Å². The van der Waals surface area contributed by atoms with E-state index in [9.17, 15) is 38.7 Å². The molecule has 53 heavy (non-hydrogen) atoms. The van der Waals surface area contributed by atoms with Crippen LogP contribution >= 0.6 is 0 Å². The lowest BCUT2D eigenvalue weighted by atomic mass is 9.98. The van der Waals surface area contributed by atoms with E-state index in [0.29, 0.717) is 18.4 Å². The van der Waals surface area contributed by atoms with Gasteiger partial charge in [-0.05, 0) is 48.6 Å². The predicted octanol–water partition coefficient (Wildman–Crippen LogP) is -0.174. The molecule has 2 aromatic carbocycles. The van der Waals surface area contributed by atoms with Gasteiger partial charge in [0.15, 0.2) is 6.10 Å². The summed E-state index contributed by atoms with van der Waals surface area (Å²) in [5.41, 5.74) is 12.5. The standard InChI is InChI=1S/C38H53N7O8/c1-22(2)31(34(40)49)43-37(52)32(23(3)4)44-36(51)28-16-11-19-45(28)38(53)33(48)26(20-25-14-9-6-10-15-25)42-35(50)27(21-29(39)46)41-30(47)18-17-24-12-7-5-8-13-24/h5-10,12-15,22-23,26-28,31-33,48H,11,16-21H2,1-4H3,(H2,39,46)(H2,40,49)(H,41,47)(H,42,50)(H,43,52)(H,44,51)/t26-,27-,28-,31-,32-,33-/m0/s1. The number of benzene rings is 2. The van der Waals surface area contributed by atoms with Gasteiger partial charge in [-0.15, -0.1) is 0 Å². The molecule has 288 valence electrons. The zero-order valence-electron chi connectivity index (χ0n) is 30.7. The number of nitrogens with one attached hydrogen (secondary N) is 4. The molecule has 9 N–H and O–H groups in total. The maximum absolute atomic E-state index is 13.9. The van der Waals surface area contributed by atoms with Crippen molar-refractivity contribution in [3.05, 3.63) is 71.8 Å². The van der Waals surface area contributed by atoms with Crippen molar-refractivity contribution in [1.82, 2.24) is 26.2 Å². The van der Waals surface area contributed by atoms with Crippen LogP contribution in [0.25, 0.3) is 0 Å². The summed E-state index contributed by atoms with van der Waals surface area (Å²) < 4.78 is 0. The van der Waals surface area contributed by atoms with Gasteiger partial charge in [0, 0.05) is 13.0 Å². The zero-order valence-corrected chi connectivity index (χ0v) is 30.7. The Balaban J connectivity index is 1.78. The van der Waals surface area contributed by atoms with Crippen LogP contribution in [0, 0.1) is 11.8 Å². The summed E-state index contributed by atoms with van der Waals surface area (Å²) in [6.07, 6.45) is -1.29. The lowest BCUT2D eigenvalue weighted by Crippen LogP contribution is -2.60. The Kier molecular flexibility index (Phi) is 15.9. The van der Waals surface area contributed by atoms with Crippen molar-refractivity contribution in [2.75, 3.05) is 6.54 Å². The minimum atomic E-state index is -1.85. The first-order valence-electron chi connectivity index (χ1n) is 17.9. The van der Waals surface area contributed by atoms with Gasteiger partial charge in [0.1, 0.15) is 24.2 Å². The number of amides is 7. The fraction of sp³-hybridized carbons (Fsp3) is 0.500. The third-order valence-electron chi connectivity index (χ3n) is 9.16. The van der Waals surface area contributed by atoms with E-state index in [1.807, 2.05) is 30.3 Å². The van der Waals surface area contributed by atoms with Crippen molar-refractivity contribution in [2.45, 2.75) is 103 Å². The minimum absolute atomic E-state index is 0.0120. The fourth-order valence-corrected chi connectivity index (χ4v) is 6.21. The average molecular weight is 736 g/mol. The van der Waals surface area contributed by atoms with Crippen molar-refractivity contribution >= 4 is 41.4 Å². The second-order valence-electron chi connectivity index (χ2n) is 14.1. The van der Waals surface area contributed by atoms with Gasteiger partial charge in [0.2, 0.25) is 35.4 Å². The molecule has 2 aromatic rings. The summed E-state index contributed by atoms with van der Waals surface area (Å²) in [5, 5.41) is 22.1. The van der Waals surface area contributed by atoms with Gasteiger partial charge in [-0.1, -0.05) is 88.4 Å². The van der Waals surface area contributed by atoms with Crippen molar-refractivity contribution in [2.24, 2.45) is 23.3 Å². The fourth-order valence-electron chi connectivity index (χ4n) is 6.21. The van der Waals surface area contributed by atoms with Gasteiger partial charge in [-0.2, -0.15) is 0 Å². The third kappa shape index (κ3) is 12.7. The van der Waals surface area contributed by atoms with E-state index < -0.39 is 90.0 Å². The molecular weight excluding hydrogens is 682 g/mol. The van der Waals surface area contributed by atoms with Crippen LogP contribution in [-0.2, 0) is 46.4 Å². The monoisotopic (exact) mass is 735 g/mol. The molecule has 0 aliphatic carbocycles. The van der Waals surface area contributed by atoms with E-state index in [-0.39, 0.29) is 31.7 Å². The molecular formula is C38H53N7O8. The van der Waals surface area contributed by atoms with E-state index in [4.69, 9.17) is 11.5 Å². The van der Waals surface area contributed by atoms with Crippen molar-refractivity contribution in [1.29, 1.82) is 0 Å². The smallest absolute Gasteiger partial charge is 0.254 e. The molecule has 15 nitrogen and oxygen atoms in total. The summed E-state index contributed by atoms with van der Waals surface area (Å²) >= 11 is 0. The highest BCUT2D eigenvalue weighted by molar-refractivity contribution is 5.96. The minimum Gasteiger partial charge on any atom is -0.381 e. The molecule has 1 saturated heterocycles. The first kappa shape index (κ1) is 42.1. The van der Waals surface area contributed by atoms with Crippen LogP contribution in [0.1, 0.15) is 64.5 Å². The largest absolute Gasteiger partial charge is 0.381 e. The maximum atomic E-state index is 13.9. The lowest BCUT2D eigenvalue weighted by Gasteiger charge is -2.32. The van der Waals surface area contributed by atoms with Crippen molar-refractivity contribution in [3.8, 4) is 0 Å². The number of aliphatic hydroxyl groups is 1. The Labute approximate surface area is 310 Å². The molecule has 0 unspecified atom stereocenters. The van der Waals surface area contributed by atoms with Gasteiger partial charge >= 0.3 is 0 Å². The SMILES string of the molecule is CC(C)[C@H](NC(=O)[C@@H](NC(=O)[C@@H]1CCCN1C(=O)[C@@H](O)[C@H](Cc1ccccc1)NC(=O)[C@H](CC(N)=O)NC(=O)CCc1ccccc1)C(C)C)C(N)=O. The summed E-state index contributed by atoms with van der Waals surface area (Å²) in [7, 11) is 0. The Hall–Kier alpha value is -5.31. The number of likely N-dealkylation sites (tertiary alicyclic amines) is 1. The van der Waals surface area contributed by atoms with E-state index in [2.05, 4.69) is 21.3 Å². The van der Waals surface area contributed by atoms with E-state index in [0.717, 1.165) is 5.56 Å². The van der Waals surface area contributed by atoms with Crippen molar-refractivity contribution < 1.29 is 38.7 Å². The number of rotatable bonds is 19. The number of primary amides is 2. The molecule has 0 bridgehead atoms. The number of carbonyl (C=O) groups is 7. The molecule has 0 saturated carbocycles. The van der Waals surface area contributed by atoms with Crippen LogP contribution in [0.5, 0.6) is 0 Å². The summed E-state index contributed by atoms with van der Waals surface area (Å²) in [6.45, 7) is 7.00. The molecule has 0 radical (unpaired) electrons. The number of carbonyl (C=O) groups excluding carboxylic acids is 7. The quantitative estimate of drug-likeness (QED) is 0.102. The Morgan fingerprint density at radius 2 is 1.36 bits per heavy atom. The molecule has 0 aromatic heterocycles. The van der Waals surface area contributed by atoms with E-state index >= 15 is 0 Å². The Bertz CT molecular complexity index is 1590. The van der Waals surface area contributed by atoms with E-state index in [1.54, 1.807) is 58.0 Å². The second kappa shape index (κ2) is 20.1. The summed E-state index contributed by atoms with van der Waals surface area (Å²) in [5.74, 6) is -5.65. The van der Waals surface area contributed by atoms with Crippen molar-refractivity contribution in [3.63, 3.8) is 0 Å². The predicted molar refractivity (Wildman–Crippen MR) is 196 cm³/mol. The van der Waals surface area contributed by atoms with E-state index in [1.165, 1.54) is 4.90 Å². The normalized spacial score (nSPS) is 16.9. The third-order valence-corrected chi connectivity index (χ3v) is 9.16. The first-order valence-corrected chi connectivity index (χ1v) is 17.9. The number of aliphatic hydroxyl groups excluding tert-OH is 1. The summed E-state index contributed by atoms with van der Waals surface area (Å²) in [4.78, 5) is 92.3. The van der Waals surface area contributed by atoms with Crippen LogP contribution < -0.4 is 32.7 Å². The molecule has 6 atom stereocenters. The molecule has 1 heterocycles. The van der Waals surface area contributed by atoms with Gasteiger partial charge < -0.3 is 42.7 Å². The highest BCUT2D eigenvalue weighted by Crippen LogP contribution is 2.21. The Morgan fingerprint density at radius 3 is 1.91 bits per heavy atom. The first-order chi connectivity index (χ1) is 25.1. The maximum Gasteiger partial charge on any atom is 0.254 e. The van der Waals surface area contributed by atoms with Crippen LogP contribution in [0.3, 0.4) is 0 Å². The average Bonchev–Trinajstić information content (AvgIpc) is 3.61. The highest BCUT2D eigenvalue weighted by Gasteiger charge is 2.41.